The van der Waals surface area contributed by atoms with Crippen molar-refractivity contribution < 1.29 is 9.59 Å². The lowest BCUT2D eigenvalue weighted by Crippen LogP contribution is -2.46. The Morgan fingerprint density at radius 3 is 2.62 bits per heavy atom. The van der Waals surface area contributed by atoms with Gasteiger partial charge in [-0.2, -0.15) is 0 Å². The molecular weight excluding hydrogens is 300 g/mol. The van der Waals surface area contributed by atoms with Gasteiger partial charge in [0.05, 0.1) is 12.0 Å². The third-order valence-electron chi connectivity index (χ3n) is 5.29. The van der Waals surface area contributed by atoms with Crippen LogP contribution in [0.15, 0.2) is 18.2 Å². The molecule has 4 nitrogen and oxygen atoms in total. The van der Waals surface area contributed by atoms with E-state index in [1.54, 1.807) is 0 Å². The fourth-order valence-electron chi connectivity index (χ4n) is 3.62. The summed E-state index contributed by atoms with van der Waals surface area (Å²) in [5, 5.41) is 3.16. The van der Waals surface area contributed by atoms with E-state index in [1.165, 1.54) is 16.7 Å². The molecule has 0 radical (unpaired) electrons. The van der Waals surface area contributed by atoms with Crippen LogP contribution in [0, 0.1) is 25.7 Å². The highest BCUT2D eigenvalue weighted by Crippen LogP contribution is 2.32. The molecule has 0 bridgehead atoms. The summed E-state index contributed by atoms with van der Waals surface area (Å²) < 4.78 is 0. The number of likely N-dealkylation sites (tertiary alicyclic amines) is 1. The number of piperidine rings is 1. The number of nitrogens with zero attached hydrogens (tertiary/aromatic N) is 1. The third kappa shape index (κ3) is 3.80. The Morgan fingerprint density at radius 1 is 1.17 bits per heavy atom. The number of carbonyl (C=O) groups is 2. The first-order valence-electron chi connectivity index (χ1n) is 9.12. The lowest BCUT2D eigenvalue weighted by molar-refractivity contribution is -0.137. The van der Waals surface area contributed by atoms with E-state index < -0.39 is 0 Å². The van der Waals surface area contributed by atoms with Gasteiger partial charge in [0.1, 0.15) is 0 Å². The average molecular weight is 328 g/mol. The predicted molar refractivity (Wildman–Crippen MR) is 94.5 cm³/mol. The summed E-state index contributed by atoms with van der Waals surface area (Å²) >= 11 is 0. The fraction of sp³-hybridized carbons (Fsp3) is 0.600. The Kier molecular flexibility index (Phi) is 4.93. The molecule has 1 aromatic rings. The van der Waals surface area contributed by atoms with Gasteiger partial charge in [0.25, 0.3) is 0 Å². The zero-order valence-electron chi connectivity index (χ0n) is 15.0. The summed E-state index contributed by atoms with van der Waals surface area (Å²) in [6.07, 6.45) is 3.85. The monoisotopic (exact) mass is 328 g/mol. The quantitative estimate of drug-likeness (QED) is 0.923. The van der Waals surface area contributed by atoms with Gasteiger partial charge in [0.2, 0.25) is 11.8 Å². The molecule has 1 heterocycles. The second-order valence-electron chi connectivity index (χ2n) is 7.49. The number of hydrogen-bond acceptors (Lipinski definition) is 2. The molecule has 24 heavy (non-hydrogen) atoms. The number of hydrogen-bond donors (Lipinski definition) is 1. The normalized spacial score (nSPS) is 22.1. The molecule has 130 valence electrons. The lowest BCUT2D eigenvalue weighted by Gasteiger charge is -2.33. The van der Waals surface area contributed by atoms with Crippen molar-refractivity contribution in [3.05, 3.63) is 34.9 Å². The number of amides is 2. The maximum atomic E-state index is 12.7. The average Bonchev–Trinajstić information content (AvgIpc) is 3.41. The van der Waals surface area contributed by atoms with Crippen LogP contribution in [-0.2, 0) is 9.59 Å². The Bertz CT molecular complexity index is 637. The van der Waals surface area contributed by atoms with Crippen LogP contribution in [0.25, 0.3) is 0 Å². The number of benzene rings is 1. The first-order valence-corrected chi connectivity index (χ1v) is 9.12. The van der Waals surface area contributed by atoms with Crippen LogP contribution in [0.2, 0.25) is 0 Å². The molecule has 1 aromatic carbocycles. The van der Waals surface area contributed by atoms with E-state index in [-0.39, 0.29) is 29.7 Å². The highest BCUT2D eigenvalue weighted by molar-refractivity contribution is 5.83. The van der Waals surface area contributed by atoms with Crippen LogP contribution in [0.3, 0.4) is 0 Å². The molecule has 0 spiro atoms. The van der Waals surface area contributed by atoms with Crippen LogP contribution in [0.5, 0.6) is 0 Å². The van der Waals surface area contributed by atoms with Crippen LogP contribution in [0.1, 0.15) is 55.3 Å². The highest BCUT2D eigenvalue weighted by Gasteiger charge is 2.36. The lowest BCUT2D eigenvalue weighted by atomic mass is 9.95. The molecule has 1 aliphatic carbocycles. The maximum absolute atomic E-state index is 12.7. The van der Waals surface area contributed by atoms with E-state index in [9.17, 15) is 9.59 Å². The topological polar surface area (TPSA) is 49.4 Å². The molecule has 2 fully saturated rings. The van der Waals surface area contributed by atoms with Gasteiger partial charge >= 0.3 is 0 Å². The van der Waals surface area contributed by atoms with Gasteiger partial charge in [0, 0.05) is 19.0 Å². The van der Waals surface area contributed by atoms with E-state index >= 15 is 0 Å². The summed E-state index contributed by atoms with van der Waals surface area (Å²) in [7, 11) is 0. The van der Waals surface area contributed by atoms with Gasteiger partial charge in [0.15, 0.2) is 0 Å². The first-order chi connectivity index (χ1) is 11.5. The summed E-state index contributed by atoms with van der Waals surface area (Å²) in [6.45, 7) is 7.58. The van der Waals surface area contributed by atoms with E-state index in [2.05, 4.69) is 37.4 Å². The molecule has 1 aliphatic heterocycles. The largest absolute Gasteiger partial charge is 0.349 e. The minimum atomic E-state index is -0.0750. The zero-order chi connectivity index (χ0) is 17.3. The summed E-state index contributed by atoms with van der Waals surface area (Å²) in [5.74, 6) is 0.501. The van der Waals surface area contributed by atoms with Crippen molar-refractivity contribution in [1.82, 2.24) is 10.2 Å². The number of carbonyl (C=O) groups excluding carboxylic acids is 2. The minimum Gasteiger partial charge on any atom is -0.349 e. The van der Waals surface area contributed by atoms with E-state index in [0.29, 0.717) is 6.54 Å². The van der Waals surface area contributed by atoms with Crippen molar-refractivity contribution >= 4 is 11.8 Å². The Morgan fingerprint density at radius 2 is 1.92 bits per heavy atom. The Hall–Kier alpha value is -1.84. The first kappa shape index (κ1) is 17.0. The SMILES string of the molecule is Cc1ccc(C)c([C@@H](C)NC(=O)[C@@H]2CCCN(C(=O)C3CC3)C2)c1. The van der Waals surface area contributed by atoms with Gasteiger partial charge in [-0.15, -0.1) is 0 Å². The van der Waals surface area contributed by atoms with Crippen LogP contribution in [-0.4, -0.2) is 29.8 Å². The van der Waals surface area contributed by atoms with Gasteiger partial charge in [-0.3, -0.25) is 9.59 Å². The van der Waals surface area contributed by atoms with Crippen LogP contribution < -0.4 is 5.32 Å². The molecule has 1 N–H and O–H groups in total. The van der Waals surface area contributed by atoms with E-state index in [4.69, 9.17) is 0 Å². The van der Waals surface area contributed by atoms with Gasteiger partial charge in [-0.05, 0) is 57.6 Å². The van der Waals surface area contributed by atoms with Crippen LogP contribution >= 0.6 is 0 Å². The Labute approximate surface area is 144 Å². The van der Waals surface area contributed by atoms with Gasteiger partial charge in [-0.1, -0.05) is 23.8 Å². The number of aryl methyl sites for hydroxylation is 2. The van der Waals surface area contributed by atoms with Crippen LogP contribution in [0.4, 0.5) is 0 Å². The molecule has 1 saturated heterocycles. The molecule has 2 amide bonds. The van der Waals surface area contributed by atoms with Gasteiger partial charge < -0.3 is 10.2 Å². The Balaban J connectivity index is 1.61. The number of nitrogens with one attached hydrogen (secondary N) is 1. The fourth-order valence-corrected chi connectivity index (χ4v) is 3.62. The molecule has 3 rings (SSSR count). The van der Waals surface area contributed by atoms with Crippen molar-refractivity contribution in [3.8, 4) is 0 Å². The molecule has 0 aromatic heterocycles. The summed E-state index contributed by atoms with van der Waals surface area (Å²) in [4.78, 5) is 26.8. The maximum Gasteiger partial charge on any atom is 0.225 e. The van der Waals surface area contributed by atoms with Crippen molar-refractivity contribution in [3.63, 3.8) is 0 Å². The molecule has 2 aliphatic rings. The molecule has 0 unspecified atom stereocenters. The third-order valence-corrected chi connectivity index (χ3v) is 5.29. The van der Waals surface area contributed by atoms with E-state index in [1.807, 2.05) is 11.8 Å². The standard InChI is InChI=1S/C20H28N2O2/c1-13-6-7-14(2)18(11-13)15(3)21-19(23)17-5-4-10-22(12-17)20(24)16-8-9-16/h6-7,11,15-17H,4-5,8-10,12H2,1-3H3,(H,21,23)/t15-,17-/m1/s1. The molecule has 4 heteroatoms. The highest BCUT2D eigenvalue weighted by atomic mass is 16.2. The summed E-state index contributed by atoms with van der Waals surface area (Å²) in [5.41, 5.74) is 3.57. The van der Waals surface area contributed by atoms with Crippen molar-refractivity contribution in [2.75, 3.05) is 13.1 Å². The number of rotatable bonds is 4. The molecule has 2 atom stereocenters. The second kappa shape index (κ2) is 6.96. The van der Waals surface area contributed by atoms with E-state index in [0.717, 1.165) is 32.2 Å². The smallest absolute Gasteiger partial charge is 0.225 e. The summed E-state index contributed by atoms with van der Waals surface area (Å²) in [6, 6.07) is 6.33. The molecule has 1 saturated carbocycles. The molecular formula is C20H28N2O2. The predicted octanol–water partition coefficient (Wildman–Crippen LogP) is 3.13. The second-order valence-corrected chi connectivity index (χ2v) is 7.49. The minimum absolute atomic E-state index is 0.00749. The van der Waals surface area contributed by atoms with Gasteiger partial charge in [-0.25, -0.2) is 0 Å². The zero-order valence-corrected chi connectivity index (χ0v) is 15.0. The van der Waals surface area contributed by atoms with Crippen molar-refractivity contribution in [1.29, 1.82) is 0 Å². The van der Waals surface area contributed by atoms with Crippen molar-refractivity contribution in [2.24, 2.45) is 11.8 Å². The van der Waals surface area contributed by atoms with Crippen molar-refractivity contribution in [2.45, 2.75) is 52.5 Å².